The first-order valence-electron chi connectivity index (χ1n) is 8.04. The summed E-state index contributed by atoms with van der Waals surface area (Å²) in [6.07, 6.45) is 5.74. The summed E-state index contributed by atoms with van der Waals surface area (Å²) in [5.74, 6) is 0.601. The van der Waals surface area contributed by atoms with Gasteiger partial charge in [-0.3, -0.25) is 4.68 Å². The van der Waals surface area contributed by atoms with Gasteiger partial charge in [0.25, 0.3) is 0 Å². The molecular weight excluding hydrogens is 250 g/mol. The molecule has 0 saturated carbocycles. The zero-order valence-corrected chi connectivity index (χ0v) is 13.3. The molecule has 4 heteroatoms. The fourth-order valence-electron chi connectivity index (χ4n) is 3.06. The quantitative estimate of drug-likeness (QED) is 0.834. The first kappa shape index (κ1) is 15.5. The Balaban J connectivity index is 2.02. The van der Waals surface area contributed by atoms with Crippen LogP contribution in [0.2, 0.25) is 0 Å². The molecule has 1 fully saturated rings. The van der Waals surface area contributed by atoms with E-state index in [0.29, 0.717) is 24.1 Å². The van der Waals surface area contributed by atoms with E-state index in [1.807, 2.05) is 0 Å². The fourth-order valence-corrected chi connectivity index (χ4v) is 3.06. The van der Waals surface area contributed by atoms with Crippen LogP contribution in [-0.4, -0.2) is 35.1 Å². The van der Waals surface area contributed by atoms with Crippen LogP contribution in [0.3, 0.4) is 0 Å². The van der Waals surface area contributed by atoms with Crippen molar-refractivity contribution in [3.8, 4) is 0 Å². The van der Waals surface area contributed by atoms with Crippen molar-refractivity contribution in [3.63, 3.8) is 0 Å². The van der Waals surface area contributed by atoms with E-state index >= 15 is 0 Å². The van der Waals surface area contributed by atoms with Gasteiger partial charge in [-0.25, -0.2) is 0 Å². The SMILES string of the molecule is CCNC(Cc1ccn(C(C)CC)n1)C1CCOC1C. The Morgan fingerprint density at radius 2 is 2.30 bits per heavy atom. The fraction of sp³-hybridized carbons (Fsp3) is 0.812. The number of aromatic nitrogens is 2. The van der Waals surface area contributed by atoms with Crippen LogP contribution in [-0.2, 0) is 11.2 Å². The van der Waals surface area contributed by atoms with Crippen molar-refractivity contribution in [2.45, 2.75) is 65.1 Å². The Kier molecular flexibility index (Phi) is 5.61. The molecule has 114 valence electrons. The number of rotatable bonds is 7. The van der Waals surface area contributed by atoms with Crippen molar-refractivity contribution < 1.29 is 4.74 Å². The summed E-state index contributed by atoms with van der Waals surface area (Å²) in [6.45, 7) is 10.7. The third-order valence-corrected chi connectivity index (χ3v) is 4.55. The molecule has 0 radical (unpaired) electrons. The van der Waals surface area contributed by atoms with Gasteiger partial charge in [-0.1, -0.05) is 13.8 Å². The van der Waals surface area contributed by atoms with E-state index in [4.69, 9.17) is 9.84 Å². The van der Waals surface area contributed by atoms with Gasteiger partial charge in [-0.15, -0.1) is 0 Å². The van der Waals surface area contributed by atoms with Gasteiger partial charge in [-0.2, -0.15) is 5.10 Å². The van der Waals surface area contributed by atoms with Gasteiger partial charge in [0, 0.05) is 37.2 Å². The molecule has 4 unspecified atom stereocenters. The molecule has 1 saturated heterocycles. The molecule has 1 aliphatic heterocycles. The van der Waals surface area contributed by atoms with E-state index in [0.717, 1.165) is 32.4 Å². The number of hydrogen-bond acceptors (Lipinski definition) is 3. The standard InChI is InChI=1S/C16H29N3O/c1-5-12(3)19-9-7-14(18-19)11-16(17-6-2)15-8-10-20-13(15)4/h7,9,12-13,15-17H,5-6,8,10-11H2,1-4H3. The summed E-state index contributed by atoms with van der Waals surface area (Å²) >= 11 is 0. The molecule has 0 aliphatic carbocycles. The van der Waals surface area contributed by atoms with Gasteiger partial charge in [0.15, 0.2) is 0 Å². The molecule has 1 aliphatic rings. The van der Waals surface area contributed by atoms with Gasteiger partial charge in [-0.05, 0) is 39.3 Å². The topological polar surface area (TPSA) is 39.1 Å². The summed E-state index contributed by atoms with van der Waals surface area (Å²) < 4.78 is 7.82. The monoisotopic (exact) mass is 279 g/mol. The Hall–Kier alpha value is -0.870. The zero-order chi connectivity index (χ0) is 14.5. The minimum Gasteiger partial charge on any atom is -0.378 e. The van der Waals surface area contributed by atoms with E-state index in [1.54, 1.807) is 0 Å². The number of likely N-dealkylation sites (N-methyl/N-ethyl adjacent to an activating group) is 1. The van der Waals surface area contributed by atoms with Crippen molar-refractivity contribution in [3.05, 3.63) is 18.0 Å². The summed E-state index contributed by atoms with van der Waals surface area (Å²) in [7, 11) is 0. The van der Waals surface area contributed by atoms with Crippen LogP contribution in [0.1, 0.15) is 52.3 Å². The van der Waals surface area contributed by atoms with Crippen molar-refractivity contribution in [2.75, 3.05) is 13.2 Å². The van der Waals surface area contributed by atoms with Gasteiger partial charge in [0.2, 0.25) is 0 Å². The van der Waals surface area contributed by atoms with E-state index in [9.17, 15) is 0 Å². The maximum absolute atomic E-state index is 5.73. The highest BCUT2D eigenvalue weighted by Gasteiger charge is 2.31. The van der Waals surface area contributed by atoms with E-state index in [-0.39, 0.29) is 0 Å². The molecule has 1 aromatic rings. The van der Waals surface area contributed by atoms with Crippen molar-refractivity contribution in [1.82, 2.24) is 15.1 Å². The molecule has 2 rings (SSSR count). The molecule has 4 atom stereocenters. The Morgan fingerprint density at radius 3 is 2.90 bits per heavy atom. The van der Waals surface area contributed by atoms with E-state index in [2.05, 4.69) is 50.0 Å². The smallest absolute Gasteiger partial charge is 0.0640 e. The zero-order valence-electron chi connectivity index (χ0n) is 13.3. The molecule has 0 aromatic carbocycles. The van der Waals surface area contributed by atoms with E-state index in [1.165, 1.54) is 5.69 Å². The molecule has 0 amide bonds. The number of ether oxygens (including phenoxy) is 1. The summed E-state index contributed by atoms with van der Waals surface area (Å²) in [5, 5.41) is 8.36. The maximum Gasteiger partial charge on any atom is 0.0640 e. The Labute approximate surface area is 122 Å². The number of hydrogen-bond donors (Lipinski definition) is 1. The van der Waals surface area contributed by atoms with Gasteiger partial charge in [0.1, 0.15) is 0 Å². The summed E-state index contributed by atoms with van der Waals surface area (Å²) in [5.41, 5.74) is 1.19. The molecule has 2 heterocycles. The first-order chi connectivity index (χ1) is 9.65. The predicted molar refractivity (Wildman–Crippen MR) is 81.9 cm³/mol. The predicted octanol–water partition coefficient (Wildman–Crippen LogP) is 2.80. The minimum atomic E-state index is 0.357. The lowest BCUT2D eigenvalue weighted by molar-refractivity contribution is 0.0954. The van der Waals surface area contributed by atoms with E-state index < -0.39 is 0 Å². The highest BCUT2D eigenvalue weighted by atomic mass is 16.5. The summed E-state index contributed by atoms with van der Waals surface area (Å²) in [4.78, 5) is 0. The Morgan fingerprint density at radius 1 is 1.50 bits per heavy atom. The van der Waals surface area contributed by atoms with Crippen molar-refractivity contribution in [2.24, 2.45) is 5.92 Å². The largest absolute Gasteiger partial charge is 0.378 e. The van der Waals surface area contributed by atoms with Crippen LogP contribution in [0, 0.1) is 5.92 Å². The van der Waals surface area contributed by atoms with Gasteiger partial charge in [0.05, 0.1) is 11.8 Å². The first-order valence-corrected chi connectivity index (χ1v) is 8.04. The van der Waals surface area contributed by atoms with Crippen LogP contribution >= 0.6 is 0 Å². The average molecular weight is 279 g/mol. The van der Waals surface area contributed by atoms with Crippen LogP contribution in [0.4, 0.5) is 0 Å². The molecule has 4 nitrogen and oxygen atoms in total. The van der Waals surface area contributed by atoms with Crippen LogP contribution in [0.15, 0.2) is 12.3 Å². The van der Waals surface area contributed by atoms with Crippen LogP contribution in [0.5, 0.6) is 0 Å². The average Bonchev–Trinajstić information content (AvgIpc) is 3.06. The number of nitrogens with zero attached hydrogens (tertiary/aromatic N) is 2. The molecule has 0 spiro atoms. The lowest BCUT2D eigenvalue weighted by atomic mass is 9.90. The number of nitrogens with one attached hydrogen (secondary N) is 1. The molecule has 20 heavy (non-hydrogen) atoms. The third kappa shape index (κ3) is 3.61. The second-order valence-electron chi connectivity index (χ2n) is 5.94. The minimum absolute atomic E-state index is 0.357. The van der Waals surface area contributed by atoms with Crippen molar-refractivity contribution >= 4 is 0 Å². The summed E-state index contributed by atoms with van der Waals surface area (Å²) in [6, 6.07) is 3.12. The van der Waals surface area contributed by atoms with Crippen LogP contribution in [0.25, 0.3) is 0 Å². The van der Waals surface area contributed by atoms with Gasteiger partial charge >= 0.3 is 0 Å². The highest BCUT2D eigenvalue weighted by Crippen LogP contribution is 2.26. The second-order valence-corrected chi connectivity index (χ2v) is 5.94. The molecule has 0 bridgehead atoms. The third-order valence-electron chi connectivity index (χ3n) is 4.55. The maximum atomic E-state index is 5.73. The highest BCUT2D eigenvalue weighted by molar-refractivity contribution is 5.04. The molecule has 1 N–H and O–H groups in total. The second kappa shape index (κ2) is 7.23. The van der Waals surface area contributed by atoms with Crippen molar-refractivity contribution in [1.29, 1.82) is 0 Å². The van der Waals surface area contributed by atoms with Crippen LogP contribution < -0.4 is 5.32 Å². The van der Waals surface area contributed by atoms with Gasteiger partial charge < -0.3 is 10.1 Å². The lowest BCUT2D eigenvalue weighted by Gasteiger charge is -2.26. The Bertz CT molecular complexity index is 404. The molecule has 1 aromatic heterocycles. The lowest BCUT2D eigenvalue weighted by Crippen LogP contribution is -2.41. The molecular formula is C16H29N3O. The normalized spacial score (nSPS) is 25.8.